The number of nitrogens with one attached hydrogen (secondary N) is 2. The highest BCUT2D eigenvalue weighted by molar-refractivity contribution is 6.40. The summed E-state index contributed by atoms with van der Waals surface area (Å²) in [4.78, 5) is 24.3. The number of anilines is 1. The first-order chi connectivity index (χ1) is 14.8. The van der Waals surface area contributed by atoms with Crippen LogP contribution in [0.2, 0.25) is 5.02 Å². The Morgan fingerprint density at radius 3 is 2.42 bits per heavy atom. The van der Waals surface area contributed by atoms with Crippen molar-refractivity contribution < 1.29 is 14.3 Å². The van der Waals surface area contributed by atoms with E-state index in [-0.39, 0.29) is 0 Å². The van der Waals surface area contributed by atoms with Gasteiger partial charge in [0.15, 0.2) is 0 Å². The molecule has 0 unspecified atom stereocenters. The van der Waals surface area contributed by atoms with Gasteiger partial charge in [0.05, 0.1) is 19.0 Å². The second-order valence-electron chi connectivity index (χ2n) is 7.00. The monoisotopic (exact) mass is 438 g/mol. The summed E-state index contributed by atoms with van der Waals surface area (Å²) in [5.74, 6) is -1.41. The Labute approximate surface area is 185 Å². The number of hydrazone groups is 1. The van der Waals surface area contributed by atoms with Gasteiger partial charge in [0.25, 0.3) is 0 Å². The van der Waals surface area contributed by atoms with Gasteiger partial charge < -0.3 is 14.6 Å². The minimum Gasteiger partial charge on any atom is -0.495 e. The van der Waals surface area contributed by atoms with Crippen LogP contribution < -0.4 is 15.5 Å². The van der Waals surface area contributed by atoms with Crippen molar-refractivity contribution >= 4 is 35.3 Å². The largest absolute Gasteiger partial charge is 0.495 e. The number of carbonyl (C=O) groups excluding carboxylic acids is 2. The van der Waals surface area contributed by atoms with Crippen LogP contribution in [0.5, 0.6) is 5.75 Å². The van der Waals surface area contributed by atoms with E-state index in [0.717, 1.165) is 22.6 Å². The summed E-state index contributed by atoms with van der Waals surface area (Å²) < 4.78 is 7.25. The third-order valence-electron chi connectivity index (χ3n) is 4.75. The zero-order chi connectivity index (χ0) is 22.5. The van der Waals surface area contributed by atoms with Crippen molar-refractivity contribution in [3.63, 3.8) is 0 Å². The molecular formula is C23H23ClN4O3. The summed E-state index contributed by atoms with van der Waals surface area (Å²) in [7, 11) is 1.45. The van der Waals surface area contributed by atoms with Gasteiger partial charge in [-0.2, -0.15) is 5.10 Å². The maximum Gasteiger partial charge on any atom is 0.329 e. The fourth-order valence-corrected chi connectivity index (χ4v) is 3.35. The number of aromatic nitrogens is 1. The topological polar surface area (TPSA) is 84.7 Å². The van der Waals surface area contributed by atoms with Crippen LogP contribution in [-0.4, -0.2) is 29.7 Å². The minimum atomic E-state index is -0.911. The van der Waals surface area contributed by atoms with Gasteiger partial charge >= 0.3 is 11.8 Å². The fraction of sp³-hybridized carbons (Fsp3) is 0.174. The predicted octanol–water partition coefficient (Wildman–Crippen LogP) is 4.15. The van der Waals surface area contributed by atoms with Crippen LogP contribution in [0.25, 0.3) is 5.69 Å². The van der Waals surface area contributed by atoms with Gasteiger partial charge in [-0.1, -0.05) is 29.3 Å². The van der Waals surface area contributed by atoms with Crippen molar-refractivity contribution in [1.82, 2.24) is 9.99 Å². The van der Waals surface area contributed by atoms with Crippen LogP contribution >= 0.6 is 11.6 Å². The number of benzene rings is 2. The molecule has 3 rings (SSSR count). The molecule has 2 N–H and O–H groups in total. The summed E-state index contributed by atoms with van der Waals surface area (Å²) in [6.45, 7) is 6.00. The van der Waals surface area contributed by atoms with Gasteiger partial charge in [-0.15, -0.1) is 0 Å². The molecule has 160 valence electrons. The highest BCUT2D eigenvalue weighted by atomic mass is 35.5. The average molecular weight is 439 g/mol. The molecule has 2 amide bonds. The molecule has 0 saturated heterocycles. The van der Waals surface area contributed by atoms with E-state index >= 15 is 0 Å². The maximum absolute atomic E-state index is 12.2. The Morgan fingerprint density at radius 1 is 1.03 bits per heavy atom. The molecule has 0 aliphatic heterocycles. The van der Waals surface area contributed by atoms with Gasteiger partial charge in [-0.3, -0.25) is 9.59 Å². The van der Waals surface area contributed by atoms with E-state index in [1.807, 2.05) is 39.0 Å². The molecule has 8 heteroatoms. The fourth-order valence-electron chi connectivity index (χ4n) is 3.18. The number of halogens is 1. The SMILES string of the molecule is COc1ccc(Cl)cc1NC(=O)C(=O)NN=Cc1cc(C)n(-c2ccc(C)cc2)c1C. The molecule has 0 radical (unpaired) electrons. The molecule has 0 spiro atoms. The Balaban J connectivity index is 1.69. The number of rotatable bonds is 5. The molecule has 0 fully saturated rings. The first-order valence-electron chi connectivity index (χ1n) is 9.54. The van der Waals surface area contributed by atoms with Crippen molar-refractivity contribution in [2.45, 2.75) is 20.8 Å². The Kier molecular flexibility index (Phi) is 6.77. The predicted molar refractivity (Wildman–Crippen MR) is 122 cm³/mol. The number of methoxy groups -OCH3 is 1. The molecule has 1 aromatic heterocycles. The first kappa shape index (κ1) is 22.1. The van der Waals surface area contributed by atoms with Crippen LogP contribution in [0, 0.1) is 20.8 Å². The van der Waals surface area contributed by atoms with Crippen molar-refractivity contribution in [2.24, 2.45) is 5.10 Å². The molecule has 0 atom stereocenters. The Hall–Kier alpha value is -3.58. The quantitative estimate of drug-likeness (QED) is 0.356. The lowest BCUT2D eigenvalue weighted by atomic mass is 10.2. The Morgan fingerprint density at radius 2 is 1.74 bits per heavy atom. The van der Waals surface area contributed by atoms with Gasteiger partial charge in [0.1, 0.15) is 5.75 Å². The third-order valence-corrected chi connectivity index (χ3v) is 4.98. The highest BCUT2D eigenvalue weighted by Crippen LogP contribution is 2.27. The zero-order valence-electron chi connectivity index (χ0n) is 17.7. The molecule has 3 aromatic rings. The van der Waals surface area contributed by atoms with Crippen LogP contribution in [0.4, 0.5) is 5.69 Å². The lowest BCUT2D eigenvalue weighted by molar-refractivity contribution is -0.136. The molecule has 0 saturated carbocycles. The number of nitrogens with zero attached hydrogens (tertiary/aromatic N) is 2. The standard InChI is InChI=1S/C23H23ClN4O3/c1-14-5-8-19(9-6-14)28-15(2)11-17(16(28)3)13-25-27-23(30)22(29)26-20-12-18(24)7-10-21(20)31-4/h5-13H,1-4H3,(H,26,29)(H,27,30). The number of ether oxygens (including phenoxy) is 1. The summed E-state index contributed by atoms with van der Waals surface area (Å²) in [6.07, 6.45) is 1.51. The summed E-state index contributed by atoms with van der Waals surface area (Å²) in [6, 6.07) is 14.9. The number of hydrogen-bond donors (Lipinski definition) is 2. The molecule has 7 nitrogen and oxygen atoms in total. The number of amides is 2. The van der Waals surface area contributed by atoms with E-state index in [4.69, 9.17) is 16.3 Å². The number of carbonyl (C=O) groups is 2. The molecule has 31 heavy (non-hydrogen) atoms. The molecule has 0 aliphatic carbocycles. The summed E-state index contributed by atoms with van der Waals surface area (Å²) >= 11 is 5.94. The van der Waals surface area contributed by atoms with Gasteiger partial charge in [-0.05, 0) is 57.2 Å². The van der Waals surface area contributed by atoms with Crippen molar-refractivity contribution in [3.8, 4) is 11.4 Å². The summed E-state index contributed by atoms with van der Waals surface area (Å²) in [5.41, 5.74) is 7.58. The Bertz CT molecular complexity index is 1150. The minimum absolute atomic E-state index is 0.292. The molecule has 2 aromatic carbocycles. The second kappa shape index (κ2) is 9.49. The van der Waals surface area contributed by atoms with Gasteiger partial charge in [0.2, 0.25) is 0 Å². The van der Waals surface area contributed by atoms with Crippen molar-refractivity contribution in [1.29, 1.82) is 0 Å². The molecule has 1 heterocycles. The van der Waals surface area contributed by atoms with E-state index < -0.39 is 11.8 Å². The van der Waals surface area contributed by atoms with Crippen LogP contribution in [0.15, 0.2) is 53.6 Å². The smallest absolute Gasteiger partial charge is 0.329 e. The molecular weight excluding hydrogens is 416 g/mol. The van der Waals surface area contributed by atoms with Gasteiger partial charge in [0, 0.05) is 27.7 Å². The number of hydrogen-bond acceptors (Lipinski definition) is 4. The van der Waals surface area contributed by atoms with Crippen LogP contribution in [0.3, 0.4) is 0 Å². The maximum atomic E-state index is 12.2. The van der Waals surface area contributed by atoms with E-state index in [0.29, 0.717) is 16.5 Å². The third kappa shape index (κ3) is 5.13. The zero-order valence-corrected chi connectivity index (χ0v) is 18.4. The first-order valence-corrected chi connectivity index (χ1v) is 9.92. The molecule has 0 aliphatic rings. The lowest BCUT2D eigenvalue weighted by Gasteiger charge is -2.10. The second-order valence-corrected chi connectivity index (χ2v) is 7.43. The van der Waals surface area contributed by atoms with E-state index in [2.05, 4.69) is 32.5 Å². The summed E-state index contributed by atoms with van der Waals surface area (Å²) in [5, 5.41) is 6.80. The van der Waals surface area contributed by atoms with E-state index in [1.54, 1.807) is 12.1 Å². The van der Waals surface area contributed by atoms with E-state index in [9.17, 15) is 9.59 Å². The van der Waals surface area contributed by atoms with E-state index in [1.165, 1.54) is 25.0 Å². The highest BCUT2D eigenvalue weighted by Gasteiger charge is 2.16. The van der Waals surface area contributed by atoms with Crippen LogP contribution in [-0.2, 0) is 9.59 Å². The van der Waals surface area contributed by atoms with Crippen molar-refractivity contribution in [2.75, 3.05) is 12.4 Å². The molecule has 0 bridgehead atoms. The lowest BCUT2D eigenvalue weighted by Crippen LogP contribution is -2.32. The normalized spacial score (nSPS) is 10.9. The number of aryl methyl sites for hydroxylation is 2. The average Bonchev–Trinajstić information content (AvgIpc) is 3.02. The van der Waals surface area contributed by atoms with Crippen molar-refractivity contribution in [3.05, 3.63) is 76.1 Å². The van der Waals surface area contributed by atoms with Gasteiger partial charge in [-0.25, -0.2) is 5.43 Å². The van der Waals surface area contributed by atoms with Crippen LogP contribution in [0.1, 0.15) is 22.5 Å².